The van der Waals surface area contributed by atoms with E-state index in [9.17, 15) is 14.4 Å². The summed E-state index contributed by atoms with van der Waals surface area (Å²) in [4.78, 5) is 32.7. The first kappa shape index (κ1) is 14.7. The second-order valence-corrected chi connectivity index (χ2v) is 3.70. The van der Waals surface area contributed by atoms with Gasteiger partial charge in [-0.25, -0.2) is 0 Å². The molecule has 0 aliphatic rings. The van der Waals surface area contributed by atoms with E-state index in [1.807, 2.05) is 0 Å². The van der Waals surface area contributed by atoms with Gasteiger partial charge in [-0.2, -0.15) is 0 Å². The van der Waals surface area contributed by atoms with Crippen molar-refractivity contribution in [1.29, 1.82) is 0 Å². The number of benzene rings is 1. The number of aldehydes is 1. The van der Waals surface area contributed by atoms with Crippen LogP contribution in [0, 0.1) is 0 Å². The number of hydrogen-bond donors (Lipinski definition) is 0. The van der Waals surface area contributed by atoms with Gasteiger partial charge in [0.1, 0.15) is 12.9 Å². The molecule has 0 aliphatic carbocycles. The van der Waals surface area contributed by atoms with Crippen LogP contribution >= 0.6 is 0 Å². The molecule has 102 valence electrons. The SMILES string of the molecule is COc1cc(C=O)cc(COC(C)=O)c1OC(C)=O. The first-order valence-corrected chi connectivity index (χ1v) is 5.45. The topological polar surface area (TPSA) is 78.9 Å². The van der Waals surface area contributed by atoms with Gasteiger partial charge in [-0.1, -0.05) is 0 Å². The van der Waals surface area contributed by atoms with Gasteiger partial charge in [0.05, 0.1) is 7.11 Å². The summed E-state index contributed by atoms with van der Waals surface area (Å²) in [6.45, 7) is 2.38. The van der Waals surface area contributed by atoms with Gasteiger partial charge < -0.3 is 14.2 Å². The monoisotopic (exact) mass is 266 g/mol. The van der Waals surface area contributed by atoms with E-state index in [1.54, 1.807) is 0 Å². The Hall–Kier alpha value is -2.37. The molecule has 0 spiro atoms. The Labute approximate surface area is 110 Å². The molecule has 0 aliphatic heterocycles. The van der Waals surface area contributed by atoms with Crippen LogP contribution in [0.5, 0.6) is 11.5 Å². The molecule has 0 heterocycles. The van der Waals surface area contributed by atoms with Crippen molar-refractivity contribution in [2.45, 2.75) is 20.5 Å². The lowest BCUT2D eigenvalue weighted by Crippen LogP contribution is -2.08. The van der Waals surface area contributed by atoms with Crippen LogP contribution in [-0.2, 0) is 20.9 Å². The smallest absolute Gasteiger partial charge is 0.308 e. The molecule has 6 heteroatoms. The lowest BCUT2D eigenvalue weighted by molar-refractivity contribution is -0.142. The van der Waals surface area contributed by atoms with Crippen LogP contribution in [0.1, 0.15) is 29.8 Å². The maximum atomic E-state index is 11.1. The lowest BCUT2D eigenvalue weighted by Gasteiger charge is -2.13. The molecule has 0 amide bonds. The zero-order chi connectivity index (χ0) is 14.4. The summed E-state index contributed by atoms with van der Waals surface area (Å²) in [6.07, 6.45) is 0.622. The first-order chi connectivity index (χ1) is 8.97. The summed E-state index contributed by atoms with van der Waals surface area (Å²) in [5.41, 5.74) is 0.710. The Morgan fingerprint density at radius 2 is 1.89 bits per heavy atom. The molecule has 0 N–H and O–H groups in total. The third-order valence-corrected chi connectivity index (χ3v) is 2.19. The highest BCUT2D eigenvalue weighted by molar-refractivity contribution is 5.79. The molecule has 0 fully saturated rings. The van der Waals surface area contributed by atoms with Gasteiger partial charge in [-0.05, 0) is 12.1 Å². The predicted octanol–water partition coefficient (Wildman–Crippen LogP) is 1.50. The van der Waals surface area contributed by atoms with Gasteiger partial charge in [-0.3, -0.25) is 14.4 Å². The zero-order valence-corrected chi connectivity index (χ0v) is 10.9. The fourth-order valence-electron chi connectivity index (χ4n) is 1.45. The molecule has 0 saturated heterocycles. The maximum Gasteiger partial charge on any atom is 0.308 e. The van der Waals surface area contributed by atoms with Crippen molar-refractivity contribution >= 4 is 18.2 Å². The second-order valence-electron chi connectivity index (χ2n) is 3.70. The average molecular weight is 266 g/mol. The first-order valence-electron chi connectivity index (χ1n) is 5.45. The minimum absolute atomic E-state index is 0.115. The summed E-state index contributed by atoms with van der Waals surface area (Å²) in [6, 6.07) is 2.90. The van der Waals surface area contributed by atoms with Crippen molar-refractivity contribution in [2.24, 2.45) is 0 Å². The summed E-state index contributed by atoms with van der Waals surface area (Å²) in [5, 5.41) is 0. The molecule has 1 aromatic rings. The van der Waals surface area contributed by atoms with Gasteiger partial charge in [0.25, 0.3) is 0 Å². The molecule has 1 aromatic carbocycles. The van der Waals surface area contributed by atoms with Crippen molar-refractivity contribution in [2.75, 3.05) is 7.11 Å². The highest BCUT2D eigenvalue weighted by Crippen LogP contribution is 2.33. The van der Waals surface area contributed by atoms with E-state index in [2.05, 4.69) is 0 Å². The van der Waals surface area contributed by atoms with E-state index in [-0.39, 0.29) is 18.1 Å². The van der Waals surface area contributed by atoms with Crippen LogP contribution in [0.2, 0.25) is 0 Å². The molecule has 1 rings (SSSR count). The zero-order valence-electron chi connectivity index (χ0n) is 10.9. The molecule has 0 radical (unpaired) electrons. The van der Waals surface area contributed by atoms with Gasteiger partial charge in [0.15, 0.2) is 11.5 Å². The van der Waals surface area contributed by atoms with Crippen LogP contribution < -0.4 is 9.47 Å². The van der Waals surface area contributed by atoms with Gasteiger partial charge in [-0.15, -0.1) is 0 Å². The standard InChI is InChI=1S/C13H14O6/c1-8(15)18-7-11-4-10(6-14)5-12(17-3)13(11)19-9(2)16/h4-6H,7H2,1-3H3. The molecule has 0 saturated carbocycles. The molecular weight excluding hydrogens is 252 g/mol. The number of ether oxygens (including phenoxy) is 3. The van der Waals surface area contributed by atoms with Crippen LogP contribution in [0.25, 0.3) is 0 Å². The van der Waals surface area contributed by atoms with Crippen molar-refractivity contribution in [3.8, 4) is 11.5 Å². The quantitative estimate of drug-likeness (QED) is 0.456. The highest BCUT2D eigenvalue weighted by atomic mass is 16.6. The maximum absolute atomic E-state index is 11.1. The van der Waals surface area contributed by atoms with Crippen LogP contribution in [-0.4, -0.2) is 25.3 Å². The van der Waals surface area contributed by atoms with E-state index >= 15 is 0 Å². The number of methoxy groups -OCH3 is 1. The highest BCUT2D eigenvalue weighted by Gasteiger charge is 2.16. The summed E-state index contributed by atoms with van der Waals surface area (Å²) in [7, 11) is 1.38. The van der Waals surface area contributed by atoms with Crippen LogP contribution in [0.4, 0.5) is 0 Å². The molecule has 6 nitrogen and oxygen atoms in total. The fraction of sp³-hybridized carbons (Fsp3) is 0.308. The lowest BCUT2D eigenvalue weighted by atomic mass is 10.1. The largest absolute Gasteiger partial charge is 0.493 e. The summed E-state index contributed by atoms with van der Waals surface area (Å²) < 4.78 is 14.9. The summed E-state index contributed by atoms with van der Waals surface area (Å²) in [5.74, 6) is -0.658. The van der Waals surface area contributed by atoms with Crippen molar-refractivity contribution < 1.29 is 28.6 Å². The second kappa shape index (κ2) is 6.53. The number of hydrogen-bond acceptors (Lipinski definition) is 6. The molecular formula is C13H14O6. The molecule has 0 bridgehead atoms. The number of carbonyl (C=O) groups is 3. The third kappa shape index (κ3) is 4.09. The Morgan fingerprint density at radius 3 is 2.37 bits per heavy atom. The Kier molecular flexibility index (Phi) is 5.05. The number of rotatable bonds is 5. The van der Waals surface area contributed by atoms with E-state index in [0.29, 0.717) is 17.4 Å². The van der Waals surface area contributed by atoms with Crippen LogP contribution in [0.3, 0.4) is 0 Å². The predicted molar refractivity (Wildman–Crippen MR) is 65.2 cm³/mol. The minimum Gasteiger partial charge on any atom is -0.493 e. The van der Waals surface area contributed by atoms with Crippen molar-refractivity contribution in [3.05, 3.63) is 23.3 Å². The third-order valence-electron chi connectivity index (χ3n) is 2.19. The Balaban J connectivity index is 3.23. The molecule has 19 heavy (non-hydrogen) atoms. The summed E-state index contributed by atoms with van der Waals surface area (Å²) >= 11 is 0. The van der Waals surface area contributed by atoms with Crippen LogP contribution in [0.15, 0.2) is 12.1 Å². The van der Waals surface area contributed by atoms with Crippen molar-refractivity contribution in [1.82, 2.24) is 0 Å². The normalized spacial score (nSPS) is 9.63. The number of esters is 2. The van der Waals surface area contributed by atoms with E-state index in [0.717, 1.165) is 0 Å². The van der Waals surface area contributed by atoms with E-state index in [4.69, 9.17) is 14.2 Å². The Morgan fingerprint density at radius 1 is 1.21 bits per heavy atom. The fourth-order valence-corrected chi connectivity index (χ4v) is 1.45. The van der Waals surface area contributed by atoms with Gasteiger partial charge >= 0.3 is 11.9 Å². The van der Waals surface area contributed by atoms with Gasteiger partial charge in [0, 0.05) is 25.0 Å². The molecule has 0 unspecified atom stereocenters. The Bertz CT molecular complexity index is 506. The van der Waals surface area contributed by atoms with Gasteiger partial charge in [0.2, 0.25) is 0 Å². The van der Waals surface area contributed by atoms with E-state index in [1.165, 1.54) is 33.1 Å². The number of carbonyl (C=O) groups excluding carboxylic acids is 3. The van der Waals surface area contributed by atoms with E-state index < -0.39 is 11.9 Å². The minimum atomic E-state index is -0.541. The molecule has 0 atom stereocenters. The molecule has 0 aromatic heterocycles. The average Bonchev–Trinajstić information content (AvgIpc) is 2.36. The van der Waals surface area contributed by atoms with Crippen molar-refractivity contribution in [3.63, 3.8) is 0 Å².